The monoisotopic (exact) mass is 288 g/mol. The number of benzene rings is 1. The summed E-state index contributed by atoms with van der Waals surface area (Å²) in [6, 6.07) is 11.3. The minimum absolute atomic E-state index is 0.181. The van der Waals surface area contributed by atoms with E-state index < -0.39 is 0 Å². The predicted molar refractivity (Wildman–Crippen MR) is 86.1 cm³/mol. The second-order valence-electron chi connectivity index (χ2n) is 6.95. The molecule has 1 saturated heterocycles. The van der Waals surface area contributed by atoms with Gasteiger partial charge in [0.2, 0.25) is 0 Å². The normalized spacial score (nSPS) is 27.8. The Morgan fingerprint density at radius 1 is 1.19 bits per heavy atom. The Balaban J connectivity index is 1.68. The number of likely N-dealkylation sites (tertiary alicyclic amines) is 1. The van der Waals surface area contributed by atoms with E-state index in [0.717, 1.165) is 32.0 Å². The molecule has 1 N–H and O–H groups in total. The molecule has 0 spiro atoms. The Morgan fingerprint density at radius 2 is 1.95 bits per heavy atom. The fourth-order valence-corrected chi connectivity index (χ4v) is 3.45. The van der Waals surface area contributed by atoms with E-state index in [2.05, 4.69) is 47.2 Å². The fraction of sp³-hybridized carbons (Fsp3) is 0.667. The number of nitrogens with zero attached hydrogens (tertiary/aromatic N) is 2. The molecule has 1 aromatic carbocycles. The van der Waals surface area contributed by atoms with E-state index in [9.17, 15) is 5.11 Å². The summed E-state index contributed by atoms with van der Waals surface area (Å²) < 4.78 is 0. The Morgan fingerprint density at radius 3 is 2.67 bits per heavy atom. The molecule has 0 radical (unpaired) electrons. The second-order valence-corrected chi connectivity index (χ2v) is 6.95. The molecule has 2 fully saturated rings. The van der Waals surface area contributed by atoms with Crippen LogP contribution in [0.15, 0.2) is 30.3 Å². The Kier molecular flexibility index (Phi) is 4.94. The summed E-state index contributed by atoms with van der Waals surface area (Å²) in [4.78, 5) is 4.90. The van der Waals surface area contributed by atoms with Crippen molar-refractivity contribution in [2.24, 2.45) is 5.92 Å². The molecule has 1 aromatic rings. The Labute approximate surface area is 128 Å². The van der Waals surface area contributed by atoms with Gasteiger partial charge >= 0.3 is 0 Å². The largest absolute Gasteiger partial charge is 0.392 e. The SMILES string of the molecule is CN1CC[C@H](N(Cc2ccccc2)CC2CC2)C[C@H](O)C1. The maximum atomic E-state index is 10.2. The van der Waals surface area contributed by atoms with Gasteiger partial charge in [0.1, 0.15) is 0 Å². The van der Waals surface area contributed by atoms with E-state index in [4.69, 9.17) is 0 Å². The number of hydrogen-bond donors (Lipinski definition) is 1. The van der Waals surface area contributed by atoms with Crippen molar-refractivity contribution in [3.05, 3.63) is 35.9 Å². The molecule has 3 rings (SSSR count). The van der Waals surface area contributed by atoms with Gasteiger partial charge in [-0.3, -0.25) is 4.90 Å². The summed E-state index contributed by atoms with van der Waals surface area (Å²) in [6.45, 7) is 4.14. The van der Waals surface area contributed by atoms with E-state index in [0.29, 0.717) is 6.04 Å². The molecule has 0 amide bonds. The molecule has 1 saturated carbocycles. The van der Waals surface area contributed by atoms with Crippen molar-refractivity contribution in [2.75, 3.05) is 26.7 Å². The molecule has 1 heterocycles. The van der Waals surface area contributed by atoms with Gasteiger partial charge in [-0.1, -0.05) is 30.3 Å². The van der Waals surface area contributed by atoms with Crippen LogP contribution < -0.4 is 0 Å². The van der Waals surface area contributed by atoms with E-state index in [1.165, 1.54) is 31.4 Å². The lowest BCUT2D eigenvalue weighted by Crippen LogP contribution is -2.38. The van der Waals surface area contributed by atoms with Crippen LogP contribution in [0.1, 0.15) is 31.2 Å². The van der Waals surface area contributed by atoms with Gasteiger partial charge in [-0.25, -0.2) is 0 Å². The molecule has 0 unspecified atom stereocenters. The number of β-amino-alcohol motifs (C(OH)–C–C–N with tert-alkyl or cyclic N) is 1. The van der Waals surface area contributed by atoms with Crippen LogP contribution in [0.5, 0.6) is 0 Å². The summed E-state index contributed by atoms with van der Waals surface area (Å²) >= 11 is 0. The summed E-state index contributed by atoms with van der Waals surface area (Å²) in [7, 11) is 2.12. The summed E-state index contributed by atoms with van der Waals surface area (Å²) in [5.41, 5.74) is 1.39. The molecule has 0 bridgehead atoms. The highest BCUT2D eigenvalue weighted by Crippen LogP contribution is 2.32. The lowest BCUT2D eigenvalue weighted by atomic mass is 10.0. The lowest BCUT2D eigenvalue weighted by molar-refractivity contribution is 0.0954. The van der Waals surface area contributed by atoms with Crippen molar-refractivity contribution in [1.29, 1.82) is 0 Å². The average molecular weight is 288 g/mol. The average Bonchev–Trinajstić information content (AvgIpc) is 3.28. The molecular formula is C18H28N2O. The molecule has 1 aliphatic carbocycles. The van der Waals surface area contributed by atoms with Crippen LogP contribution in [-0.2, 0) is 6.54 Å². The van der Waals surface area contributed by atoms with E-state index in [1.54, 1.807) is 0 Å². The number of likely N-dealkylation sites (N-methyl/N-ethyl adjacent to an activating group) is 1. The highest BCUT2D eigenvalue weighted by atomic mass is 16.3. The number of hydrogen-bond acceptors (Lipinski definition) is 3. The fourth-order valence-electron chi connectivity index (χ4n) is 3.45. The first-order valence-electron chi connectivity index (χ1n) is 8.35. The first-order valence-corrected chi connectivity index (χ1v) is 8.35. The first-order chi connectivity index (χ1) is 10.2. The van der Waals surface area contributed by atoms with Crippen LogP contribution in [0.4, 0.5) is 0 Å². The van der Waals surface area contributed by atoms with E-state index in [1.807, 2.05) is 0 Å². The van der Waals surface area contributed by atoms with Gasteiger partial charge < -0.3 is 10.0 Å². The Hall–Kier alpha value is -0.900. The van der Waals surface area contributed by atoms with Crippen molar-refractivity contribution in [3.63, 3.8) is 0 Å². The van der Waals surface area contributed by atoms with Crippen molar-refractivity contribution in [1.82, 2.24) is 9.80 Å². The summed E-state index contributed by atoms with van der Waals surface area (Å²) in [5, 5.41) is 10.2. The van der Waals surface area contributed by atoms with Gasteiger partial charge in [0.05, 0.1) is 6.10 Å². The quantitative estimate of drug-likeness (QED) is 0.901. The smallest absolute Gasteiger partial charge is 0.0681 e. The molecule has 21 heavy (non-hydrogen) atoms. The molecule has 3 heteroatoms. The molecule has 3 nitrogen and oxygen atoms in total. The van der Waals surface area contributed by atoms with Gasteiger partial charge in [-0.15, -0.1) is 0 Å². The zero-order valence-corrected chi connectivity index (χ0v) is 13.1. The van der Waals surface area contributed by atoms with E-state index in [-0.39, 0.29) is 6.10 Å². The highest BCUT2D eigenvalue weighted by molar-refractivity contribution is 5.14. The molecular weight excluding hydrogens is 260 g/mol. The van der Waals surface area contributed by atoms with Crippen molar-refractivity contribution < 1.29 is 5.11 Å². The van der Waals surface area contributed by atoms with E-state index >= 15 is 0 Å². The molecule has 1 aliphatic heterocycles. The zero-order chi connectivity index (χ0) is 14.7. The minimum atomic E-state index is -0.181. The predicted octanol–water partition coefficient (Wildman–Crippen LogP) is 2.35. The molecule has 2 aliphatic rings. The number of rotatable bonds is 5. The zero-order valence-electron chi connectivity index (χ0n) is 13.1. The van der Waals surface area contributed by atoms with Crippen molar-refractivity contribution >= 4 is 0 Å². The molecule has 2 atom stereocenters. The Bertz CT molecular complexity index is 432. The molecule has 116 valence electrons. The lowest BCUT2D eigenvalue weighted by Gasteiger charge is -2.32. The van der Waals surface area contributed by atoms with Gasteiger partial charge in [-0.2, -0.15) is 0 Å². The third-order valence-electron chi connectivity index (χ3n) is 4.85. The van der Waals surface area contributed by atoms with Gasteiger partial charge in [0.15, 0.2) is 0 Å². The van der Waals surface area contributed by atoms with Crippen LogP contribution in [0, 0.1) is 5.92 Å². The maximum absolute atomic E-state index is 10.2. The third kappa shape index (κ3) is 4.53. The van der Waals surface area contributed by atoms with Crippen LogP contribution in [-0.4, -0.2) is 53.7 Å². The highest BCUT2D eigenvalue weighted by Gasteiger charge is 2.30. The van der Waals surface area contributed by atoms with Crippen LogP contribution in [0.3, 0.4) is 0 Å². The molecule has 0 aromatic heterocycles. The van der Waals surface area contributed by atoms with Crippen LogP contribution >= 0.6 is 0 Å². The van der Waals surface area contributed by atoms with Gasteiger partial charge in [-0.05, 0) is 50.8 Å². The number of aliphatic hydroxyl groups excluding tert-OH is 1. The topological polar surface area (TPSA) is 26.7 Å². The minimum Gasteiger partial charge on any atom is -0.392 e. The second kappa shape index (κ2) is 6.91. The standard InChI is InChI=1S/C18H28N2O/c1-19-10-9-17(11-18(21)14-19)20(13-16-7-8-16)12-15-5-3-2-4-6-15/h2-6,16-18,21H,7-14H2,1H3/t17-,18-/m0/s1. The van der Waals surface area contributed by atoms with Crippen LogP contribution in [0.2, 0.25) is 0 Å². The van der Waals surface area contributed by atoms with Crippen molar-refractivity contribution in [2.45, 2.75) is 44.4 Å². The summed E-state index contributed by atoms with van der Waals surface area (Å²) in [5.74, 6) is 0.895. The number of aliphatic hydroxyl groups is 1. The summed E-state index contributed by atoms with van der Waals surface area (Å²) in [6.07, 6.45) is 4.69. The van der Waals surface area contributed by atoms with Crippen molar-refractivity contribution in [3.8, 4) is 0 Å². The maximum Gasteiger partial charge on any atom is 0.0681 e. The third-order valence-corrected chi connectivity index (χ3v) is 4.85. The van der Waals surface area contributed by atoms with Crippen LogP contribution in [0.25, 0.3) is 0 Å². The first kappa shape index (κ1) is 15.0. The van der Waals surface area contributed by atoms with Gasteiger partial charge in [0, 0.05) is 25.7 Å². The van der Waals surface area contributed by atoms with Gasteiger partial charge in [0.25, 0.3) is 0 Å².